The predicted molar refractivity (Wildman–Crippen MR) is 69.5 cm³/mol. The third-order valence-corrected chi connectivity index (χ3v) is 3.93. The van der Waals surface area contributed by atoms with Gasteiger partial charge < -0.3 is 15.3 Å². The summed E-state index contributed by atoms with van der Waals surface area (Å²) in [5, 5.41) is 11.8. The number of aliphatic carboxylic acids is 1. The van der Waals surface area contributed by atoms with Gasteiger partial charge in [-0.1, -0.05) is 13.3 Å². The van der Waals surface area contributed by atoms with Crippen LogP contribution in [0.25, 0.3) is 0 Å². The number of hydrogen-bond donors (Lipinski definition) is 2. The molecule has 0 radical (unpaired) electrons. The molecule has 5 heteroatoms. The van der Waals surface area contributed by atoms with E-state index in [4.69, 9.17) is 5.11 Å². The molecule has 1 saturated carbocycles. The van der Waals surface area contributed by atoms with Gasteiger partial charge in [0, 0.05) is 13.1 Å². The van der Waals surface area contributed by atoms with E-state index in [1.165, 1.54) is 19.3 Å². The highest BCUT2D eigenvalue weighted by molar-refractivity contribution is 5.85. The number of nitrogens with zero attached hydrogens (tertiary/aromatic N) is 1. The number of carbonyl (C=O) groups is 2. The van der Waals surface area contributed by atoms with Crippen LogP contribution in [0.1, 0.15) is 46.5 Å². The number of carboxylic acid groups (broad SMARTS) is 1. The molecule has 1 fully saturated rings. The maximum absolute atomic E-state index is 12.1. The largest absolute Gasteiger partial charge is 0.480 e. The average molecular weight is 256 g/mol. The fourth-order valence-corrected chi connectivity index (χ4v) is 1.95. The number of nitrogens with one attached hydrogen (secondary N) is 1. The summed E-state index contributed by atoms with van der Waals surface area (Å²) in [4.78, 5) is 24.9. The van der Waals surface area contributed by atoms with E-state index in [0.29, 0.717) is 18.9 Å². The molecule has 104 valence electrons. The first kappa shape index (κ1) is 14.8. The lowest BCUT2D eigenvalue weighted by Gasteiger charge is -2.34. The van der Waals surface area contributed by atoms with Crippen LogP contribution in [0, 0.1) is 5.92 Å². The Morgan fingerprint density at radius 3 is 2.33 bits per heavy atom. The van der Waals surface area contributed by atoms with Crippen LogP contribution in [-0.4, -0.2) is 40.6 Å². The molecule has 18 heavy (non-hydrogen) atoms. The standard InChI is InChI=1S/C13H24N2O3/c1-4-13(3,11(16)17)14-12(18)15(5-2)9-10-7-6-8-10/h10H,4-9H2,1-3H3,(H,14,18)(H,16,17). The molecule has 0 saturated heterocycles. The minimum Gasteiger partial charge on any atom is -0.480 e. The molecule has 1 aliphatic carbocycles. The third kappa shape index (κ3) is 3.37. The molecule has 0 aliphatic heterocycles. The van der Waals surface area contributed by atoms with Crippen molar-refractivity contribution in [2.45, 2.75) is 52.0 Å². The van der Waals surface area contributed by atoms with E-state index in [-0.39, 0.29) is 6.03 Å². The molecule has 0 heterocycles. The zero-order valence-electron chi connectivity index (χ0n) is 11.5. The first-order valence-corrected chi connectivity index (χ1v) is 6.73. The summed E-state index contributed by atoms with van der Waals surface area (Å²) in [6.45, 7) is 6.58. The maximum atomic E-state index is 12.1. The Labute approximate surface area is 109 Å². The molecule has 0 aromatic rings. The zero-order chi connectivity index (χ0) is 13.8. The van der Waals surface area contributed by atoms with E-state index in [2.05, 4.69) is 5.32 Å². The monoisotopic (exact) mass is 256 g/mol. The Morgan fingerprint density at radius 2 is 2.00 bits per heavy atom. The van der Waals surface area contributed by atoms with Crippen molar-refractivity contribution in [2.75, 3.05) is 13.1 Å². The van der Waals surface area contributed by atoms with E-state index in [1.807, 2.05) is 6.92 Å². The molecule has 1 aliphatic rings. The van der Waals surface area contributed by atoms with Gasteiger partial charge in [-0.15, -0.1) is 0 Å². The summed E-state index contributed by atoms with van der Waals surface area (Å²) in [5.41, 5.74) is -1.18. The van der Waals surface area contributed by atoms with Crippen molar-refractivity contribution in [3.8, 4) is 0 Å². The van der Waals surface area contributed by atoms with Gasteiger partial charge in [0.1, 0.15) is 5.54 Å². The molecule has 5 nitrogen and oxygen atoms in total. The lowest BCUT2D eigenvalue weighted by Crippen LogP contribution is -2.56. The highest BCUT2D eigenvalue weighted by atomic mass is 16.4. The van der Waals surface area contributed by atoms with Gasteiger partial charge in [-0.3, -0.25) is 0 Å². The Bertz CT molecular complexity index is 315. The van der Waals surface area contributed by atoms with Crippen LogP contribution >= 0.6 is 0 Å². The van der Waals surface area contributed by atoms with Gasteiger partial charge in [0.15, 0.2) is 0 Å². The number of hydrogen-bond acceptors (Lipinski definition) is 2. The molecule has 0 aromatic carbocycles. The second-order valence-corrected chi connectivity index (χ2v) is 5.26. The summed E-state index contributed by atoms with van der Waals surface area (Å²) < 4.78 is 0. The lowest BCUT2D eigenvalue weighted by molar-refractivity contribution is -0.143. The zero-order valence-corrected chi connectivity index (χ0v) is 11.5. The summed E-state index contributed by atoms with van der Waals surface area (Å²) >= 11 is 0. The van der Waals surface area contributed by atoms with Gasteiger partial charge in [0.2, 0.25) is 0 Å². The smallest absolute Gasteiger partial charge is 0.329 e. The van der Waals surface area contributed by atoms with Gasteiger partial charge in [-0.25, -0.2) is 9.59 Å². The van der Waals surface area contributed by atoms with Crippen molar-refractivity contribution in [3.05, 3.63) is 0 Å². The van der Waals surface area contributed by atoms with E-state index in [9.17, 15) is 9.59 Å². The van der Waals surface area contributed by atoms with Gasteiger partial charge in [-0.2, -0.15) is 0 Å². The molecular weight excluding hydrogens is 232 g/mol. The van der Waals surface area contributed by atoms with Crippen LogP contribution in [-0.2, 0) is 4.79 Å². The first-order valence-electron chi connectivity index (χ1n) is 6.73. The van der Waals surface area contributed by atoms with Crippen LogP contribution in [0.15, 0.2) is 0 Å². The molecule has 0 aromatic heterocycles. The summed E-state index contributed by atoms with van der Waals surface area (Å²) in [5.74, 6) is -0.397. The number of carboxylic acids is 1. The van der Waals surface area contributed by atoms with Crippen molar-refractivity contribution >= 4 is 12.0 Å². The Morgan fingerprint density at radius 1 is 1.39 bits per heavy atom. The first-order chi connectivity index (χ1) is 8.42. The maximum Gasteiger partial charge on any atom is 0.329 e. The van der Waals surface area contributed by atoms with E-state index >= 15 is 0 Å². The fraction of sp³-hybridized carbons (Fsp3) is 0.846. The number of rotatable bonds is 6. The number of urea groups is 1. The van der Waals surface area contributed by atoms with Crippen molar-refractivity contribution in [1.29, 1.82) is 0 Å². The Balaban J connectivity index is 2.57. The van der Waals surface area contributed by atoms with Crippen LogP contribution in [0.2, 0.25) is 0 Å². The van der Waals surface area contributed by atoms with Gasteiger partial charge >= 0.3 is 12.0 Å². The van der Waals surface area contributed by atoms with Crippen molar-refractivity contribution in [3.63, 3.8) is 0 Å². The highest BCUT2D eigenvalue weighted by Crippen LogP contribution is 2.27. The minimum atomic E-state index is -1.18. The van der Waals surface area contributed by atoms with Crippen molar-refractivity contribution in [2.24, 2.45) is 5.92 Å². The number of carbonyl (C=O) groups excluding carboxylic acids is 1. The second kappa shape index (κ2) is 6.07. The number of amides is 2. The fourth-order valence-electron chi connectivity index (χ4n) is 1.95. The van der Waals surface area contributed by atoms with Crippen LogP contribution < -0.4 is 5.32 Å². The van der Waals surface area contributed by atoms with Crippen LogP contribution in [0.5, 0.6) is 0 Å². The van der Waals surface area contributed by atoms with Gasteiger partial charge in [0.05, 0.1) is 0 Å². The molecule has 0 spiro atoms. The third-order valence-electron chi connectivity index (χ3n) is 3.93. The highest BCUT2D eigenvalue weighted by Gasteiger charge is 2.34. The van der Waals surface area contributed by atoms with Crippen LogP contribution in [0.3, 0.4) is 0 Å². The quantitative estimate of drug-likeness (QED) is 0.764. The molecule has 1 atom stereocenters. The van der Waals surface area contributed by atoms with Crippen molar-refractivity contribution in [1.82, 2.24) is 10.2 Å². The van der Waals surface area contributed by atoms with E-state index < -0.39 is 11.5 Å². The Kier molecular flexibility index (Phi) is 4.99. The van der Waals surface area contributed by atoms with Gasteiger partial charge in [0.25, 0.3) is 0 Å². The Hall–Kier alpha value is -1.26. The molecule has 2 amide bonds. The van der Waals surface area contributed by atoms with Crippen LogP contribution in [0.4, 0.5) is 4.79 Å². The normalized spacial score (nSPS) is 18.6. The summed E-state index contributed by atoms with van der Waals surface area (Å²) in [6, 6.07) is -0.267. The SMILES string of the molecule is CCN(CC1CCC1)C(=O)NC(C)(CC)C(=O)O. The molecule has 2 N–H and O–H groups in total. The van der Waals surface area contributed by atoms with E-state index in [0.717, 1.165) is 6.54 Å². The molecule has 0 bridgehead atoms. The van der Waals surface area contributed by atoms with Gasteiger partial charge in [-0.05, 0) is 39.0 Å². The summed E-state index contributed by atoms with van der Waals surface area (Å²) in [7, 11) is 0. The lowest BCUT2D eigenvalue weighted by atomic mass is 9.85. The minimum absolute atomic E-state index is 0.267. The predicted octanol–water partition coefficient (Wildman–Crippen LogP) is 2.07. The molecular formula is C13H24N2O3. The average Bonchev–Trinajstić information content (AvgIpc) is 2.27. The second-order valence-electron chi connectivity index (χ2n) is 5.26. The van der Waals surface area contributed by atoms with Crippen molar-refractivity contribution < 1.29 is 14.7 Å². The van der Waals surface area contributed by atoms with E-state index in [1.54, 1.807) is 18.7 Å². The molecule has 1 rings (SSSR count). The topological polar surface area (TPSA) is 69.6 Å². The molecule has 1 unspecified atom stereocenters. The summed E-state index contributed by atoms with van der Waals surface area (Å²) in [6.07, 6.45) is 3.96.